The van der Waals surface area contributed by atoms with Gasteiger partial charge in [-0.15, -0.1) is 0 Å². The van der Waals surface area contributed by atoms with Crippen molar-refractivity contribution in [2.24, 2.45) is 0 Å². The maximum Gasteiger partial charge on any atom is 0.335 e. The van der Waals surface area contributed by atoms with E-state index in [1.165, 1.54) is 12.1 Å². The highest BCUT2D eigenvalue weighted by molar-refractivity contribution is 7.85. The molecule has 118 valence electrons. The summed E-state index contributed by atoms with van der Waals surface area (Å²) in [6.45, 7) is 2.29. The lowest BCUT2D eigenvalue weighted by Gasteiger charge is -2.06. The van der Waals surface area contributed by atoms with E-state index in [0.717, 1.165) is 0 Å². The van der Waals surface area contributed by atoms with Crippen LogP contribution in [-0.2, 0) is 25.0 Å². The highest BCUT2D eigenvalue weighted by Gasteiger charge is 2.08. The van der Waals surface area contributed by atoms with Gasteiger partial charge >= 0.3 is 5.97 Å². The molecule has 1 atom stereocenters. The van der Waals surface area contributed by atoms with E-state index in [1.807, 2.05) is 0 Å². The van der Waals surface area contributed by atoms with Crippen LogP contribution in [0.4, 0.5) is 0 Å². The minimum atomic E-state index is -1.27. The minimum Gasteiger partial charge on any atom is -0.478 e. The Labute approximate surface area is 126 Å². The average Bonchev–Trinajstić information content (AvgIpc) is 2.49. The summed E-state index contributed by atoms with van der Waals surface area (Å²) in [6, 6.07) is 6.13. The molecule has 1 N–H and O–H groups in total. The molecule has 21 heavy (non-hydrogen) atoms. The number of carboxylic acids is 1. The summed E-state index contributed by atoms with van der Waals surface area (Å²) in [5.74, 6) is -0.709. The largest absolute Gasteiger partial charge is 0.478 e. The maximum atomic E-state index is 12.0. The number of methoxy groups -OCH3 is 1. The second-order valence-electron chi connectivity index (χ2n) is 4.10. The molecule has 1 rings (SSSR count). The second-order valence-corrected chi connectivity index (χ2v) is 5.67. The SMILES string of the molecule is COCCOCCOCCS(=O)c1cccc(C(=O)O)c1. The van der Waals surface area contributed by atoms with Gasteiger partial charge in [0.2, 0.25) is 0 Å². The van der Waals surface area contributed by atoms with E-state index in [4.69, 9.17) is 19.3 Å². The molecule has 0 fully saturated rings. The first-order valence-corrected chi connectivity index (χ1v) is 7.83. The van der Waals surface area contributed by atoms with Crippen molar-refractivity contribution in [1.82, 2.24) is 0 Å². The molecular formula is C14H20O6S. The molecule has 0 aliphatic carbocycles. The van der Waals surface area contributed by atoms with Crippen LogP contribution in [0.25, 0.3) is 0 Å². The lowest BCUT2D eigenvalue weighted by molar-refractivity contribution is 0.0285. The van der Waals surface area contributed by atoms with Gasteiger partial charge in [-0.25, -0.2) is 4.79 Å². The minimum absolute atomic E-state index is 0.133. The van der Waals surface area contributed by atoms with Crippen LogP contribution in [0.3, 0.4) is 0 Å². The number of aromatic carboxylic acids is 1. The highest BCUT2D eigenvalue weighted by atomic mass is 32.2. The van der Waals surface area contributed by atoms with Gasteiger partial charge in [-0.05, 0) is 18.2 Å². The molecule has 0 aliphatic heterocycles. The lowest BCUT2D eigenvalue weighted by atomic mass is 10.2. The fraction of sp³-hybridized carbons (Fsp3) is 0.500. The van der Waals surface area contributed by atoms with Crippen molar-refractivity contribution in [3.05, 3.63) is 29.8 Å². The molecule has 1 unspecified atom stereocenters. The fourth-order valence-electron chi connectivity index (χ4n) is 1.49. The first-order chi connectivity index (χ1) is 10.1. The first kappa shape index (κ1) is 17.8. The van der Waals surface area contributed by atoms with E-state index < -0.39 is 16.8 Å². The molecule has 0 heterocycles. The van der Waals surface area contributed by atoms with Crippen LogP contribution in [-0.4, -0.2) is 61.2 Å². The quantitative estimate of drug-likeness (QED) is 0.617. The number of hydrogen-bond acceptors (Lipinski definition) is 5. The Hall–Kier alpha value is -1.28. The third kappa shape index (κ3) is 7.33. The van der Waals surface area contributed by atoms with Gasteiger partial charge in [0.05, 0.1) is 55.2 Å². The predicted molar refractivity (Wildman–Crippen MR) is 78.2 cm³/mol. The predicted octanol–water partition coefficient (Wildman–Crippen LogP) is 1.17. The van der Waals surface area contributed by atoms with E-state index in [1.54, 1.807) is 19.2 Å². The summed E-state index contributed by atoms with van der Waals surface area (Å²) in [7, 11) is 0.336. The maximum absolute atomic E-state index is 12.0. The van der Waals surface area contributed by atoms with Crippen molar-refractivity contribution in [2.75, 3.05) is 45.9 Å². The standard InChI is InChI=1S/C14H20O6S/c1-18-5-6-19-7-8-20-9-10-21(17)13-4-2-3-12(11-13)14(15)16/h2-4,11H,5-10H2,1H3,(H,15,16). The normalized spacial score (nSPS) is 12.2. The van der Waals surface area contributed by atoms with E-state index in [-0.39, 0.29) is 5.56 Å². The van der Waals surface area contributed by atoms with Gasteiger partial charge in [-0.2, -0.15) is 0 Å². The molecule has 0 bridgehead atoms. The number of rotatable bonds is 11. The summed E-state index contributed by atoms with van der Waals surface area (Å²) in [4.78, 5) is 11.3. The number of hydrogen-bond donors (Lipinski definition) is 1. The molecule has 0 amide bonds. The van der Waals surface area contributed by atoms with E-state index in [9.17, 15) is 9.00 Å². The third-order valence-electron chi connectivity index (χ3n) is 2.56. The summed E-state index contributed by atoms with van der Waals surface area (Å²) >= 11 is 0. The van der Waals surface area contributed by atoms with Gasteiger partial charge in [-0.1, -0.05) is 6.07 Å². The molecule has 0 radical (unpaired) electrons. The number of ether oxygens (including phenoxy) is 3. The zero-order valence-electron chi connectivity index (χ0n) is 11.9. The number of carbonyl (C=O) groups is 1. The Morgan fingerprint density at radius 3 is 2.48 bits per heavy atom. The number of carboxylic acid groups (broad SMARTS) is 1. The van der Waals surface area contributed by atoms with E-state index in [2.05, 4.69) is 0 Å². The zero-order chi connectivity index (χ0) is 15.5. The molecule has 0 spiro atoms. The van der Waals surface area contributed by atoms with Crippen LogP contribution in [0.2, 0.25) is 0 Å². The molecule has 6 nitrogen and oxygen atoms in total. The van der Waals surface area contributed by atoms with Gasteiger partial charge < -0.3 is 19.3 Å². The van der Waals surface area contributed by atoms with Crippen molar-refractivity contribution < 1.29 is 28.3 Å². The van der Waals surface area contributed by atoms with E-state index in [0.29, 0.717) is 43.7 Å². The van der Waals surface area contributed by atoms with Gasteiger partial charge in [0.15, 0.2) is 0 Å². The highest BCUT2D eigenvalue weighted by Crippen LogP contribution is 2.10. The van der Waals surface area contributed by atoms with Crippen molar-refractivity contribution in [3.63, 3.8) is 0 Å². The topological polar surface area (TPSA) is 82.1 Å². The van der Waals surface area contributed by atoms with Crippen molar-refractivity contribution in [3.8, 4) is 0 Å². The summed E-state index contributed by atoms with van der Waals surface area (Å²) in [5, 5.41) is 8.88. The van der Waals surface area contributed by atoms with Gasteiger partial charge in [-0.3, -0.25) is 4.21 Å². The van der Waals surface area contributed by atoms with Crippen LogP contribution in [0.15, 0.2) is 29.2 Å². The zero-order valence-corrected chi connectivity index (χ0v) is 12.8. The summed E-state index contributed by atoms with van der Waals surface area (Å²) in [5.41, 5.74) is 0.133. The monoisotopic (exact) mass is 316 g/mol. The molecule has 7 heteroatoms. The van der Waals surface area contributed by atoms with Gasteiger partial charge in [0.25, 0.3) is 0 Å². The second kappa shape index (κ2) is 10.4. The van der Waals surface area contributed by atoms with E-state index >= 15 is 0 Å². The number of benzene rings is 1. The summed E-state index contributed by atoms with van der Waals surface area (Å²) in [6.07, 6.45) is 0. The van der Waals surface area contributed by atoms with Crippen LogP contribution < -0.4 is 0 Å². The van der Waals surface area contributed by atoms with Gasteiger partial charge in [0.1, 0.15) is 0 Å². The van der Waals surface area contributed by atoms with Crippen LogP contribution in [0.1, 0.15) is 10.4 Å². The van der Waals surface area contributed by atoms with Crippen molar-refractivity contribution >= 4 is 16.8 Å². The van der Waals surface area contributed by atoms with Crippen LogP contribution in [0.5, 0.6) is 0 Å². The van der Waals surface area contributed by atoms with Crippen LogP contribution >= 0.6 is 0 Å². The van der Waals surface area contributed by atoms with Crippen molar-refractivity contribution in [2.45, 2.75) is 4.90 Å². The molecule has 0 saturated heterocycles. The Bertz CT molecular complexity index is 463. The molecule has 1 aromatic rings. The molecular weight excluding hydrogens is 296 g/mol. The molecule has 0 saturated carbocycles. The summed E-state index contributed by atoms with van der Waals surface area (Å²) < 4.78 is 27.3. The Kier molecular flexibility index (Phi) is 8.84. The molecule has 0 aliphatic rings. The van der Waals surface area contributed by atoms with Crippen molar-refractivity contribution in [1.29, 1.82) is 0 Å². The van der Waals surface area contributed by atoms with Crippen LogP contribution in [0, 0.1) is 0 Å². The Morgan fingerprint density at radius 2 is 1.81 bits per heavy atom. The molecule has 1 aromatic carbocycles. The Morgan fingerprint density at radius 1 is 1.14 bits per heavy atom. The Balaban J connectivity index is 2.22. The lowest BCUT2D eigenvalue weighted by Crippen LogP contribution is -2.12. The average molecular weight is 316 g/mol. The molecule has 0 aromatic heterocycles. The third-order valence-corrected chi connectivity index (χ3v) is 3.88. The first-order valence-electron chi connectivity index (χ1n) is 6.51. The van der Waals surface area contributed by atoms with Gasteiger partial charge in [0, 0.05) is 12.0 Å². The fourth-order valence-corrected chi connectivity index (χ4v) is 2.48. The smallest absolute Gasteiger partial charge is 0.335 e.